The van der Waals surface area contributed by atoms with Crippen LogP contribution in [0.3, 0.4) is 0 Å². The first-order valence-corrected chi connectivity index (χ1v) is 10.1. The highest BCUT2D eigenvalue weighted by atomic mass is 35.5. The summed E-state index contributed by atoms with van der Waals surface area (Å²) < 4.78 is 12.1. The zero-order valence-corrected chi connectivity index (χ0v) is 17.5. The molecule has 156 valence electrons. The van der Waals surface area contributed by atoms with Crippen molar-refractivity contribution >= 4 is 28.3 Å². The van der Waals surface area contributed by atoms with Crippen LogP contribution in [0.4, 0.5) is 0 Å². The molecule has 0 N–H and O–H groups in total. The minimum Gasteiger partial charge on any atom is -0.486 e. The molecule has 0 saturated carbocycles. The van der Waals surface area contributed by atoms with Gasteiger partial charge in [0.15, 0.2) is 5.75 Å². The number of fused-ring (bicyclic) bond motifs is 1. The van der Waals surface area contributed by atoms with Gasteiger partial charge in [0.25, 0.3) is 5.56 Å². The van der Waals surface area contributed by atoms with E-state index in [9.17, 15) is 9.59 Å². The Labute approximate surface area is 183 Å². The van der Waals surface area contributed by atoms with Crippen molar-refractivity contribution in [2.45, 2.75) is 13.5 Å². The summed E-state index contributed by atoms with van der Waals surface area (Å²) in [5.74, 6) is -0.629. The average Bonchev–Trinajstić information content (AvgIpc) is 2.78. The van der Waals surface area contributed by atoms with Crippen molar-refractivity contribution in [3.05, 3.63) is 99.4 Å². The molecule has 0 radical (unpaired) electrons. The molecule has 0 bridgehead atoms. The van der Waals surface area contributed by atoms with Gasteiger partial charge in [0.05, 0.1) is 23.4 Å². The van der Waals surface area contributed by atoms with E-state index < -0.39 is 11.5 Å². The Morgan fingerprint density at radius 2 is 1.77 bits per heavy atom. The van der Waals surface area contributed by atoms with Gasteiger partial charge in [-0.3, -0.25) is 4.79 Å². The van der Waals surface area contributed by atoms with Crippen molar-refractivity contribution in [3.8, 4) is 11.4 Å². The topological polar surface area (TPSA) is 70.4 Å². The minimum atomic E-state index is -0.684. The lowest BCUT2D eigenvalue weighted by Gasteiger charge is -2.14. The summed E-state index contributed by atoms with van der Waals surface area (Å²) in [5.41, 5.74) is 0.708. The third-order valence-corrected chi connectivity index (χ3v) is 5.03. The second kappa shape index (κ2) is 9.02. The van der Waals surface area contributed by atoms with Gasteiger partial charge in [-0.25, -0.2) is 4.79 Å². The Bertz CT molecular complexity index is 1310. The molecule has 1 heterocycles. The van der Waals surface area contributed by atoms with Crippen molar-refractivity contribution in [2.75, 3.05) is 6.61 Å². The standard InChI is InChI=1S/C24H19ClN2O4/c1-2-30-24(29)23-21(14-22(28)27(26-23)20-13-6-5-12-19(20)25)31-15-17-10-7-9-16-8-3-4-11-18(16)17/h3-14H,2,15H2,1H3. The van der Waals surface area contributed by atoms with E-state index in [-0.39, 0.29) is 24.7 Å². The van der Waals surface area contributed by atoms with Crippen LogP contribution < -0.4 is 10.3 Å². The summed E-state index contributed by atoms with van der Waals surface area (Å²) in [4.78, 5) is 25.3. The number of benzene rings is 3. The van der Waals surface area contributed by atoms with E-state index in [1.807, 2.05) is 42.5 Å². The van der Waals surface area contributed by atoms with Crippen LogP contribution in [0.25, 0.3) is 16.5 Å². The molecular weight excluding hydrogens is 416 g/mol. The third kappa shape index (κ3) is 4.29. The van der Waals surface area contributed by atoms with Crippen LogP contribution in [0.1, 0.15) is 23.0 Å². The molecule has 0 aliphatic heterocycles. The molecule has 7 heteroatoms. The van der Waals surface area contributed by atoms with Gasteiger partial charge in [-0.15, -0.1) is 0 Å². The molecule has 6 nitrogen and oxygen atoms in total. The smallest absolute Gasteiger partial charge is 0.362 e. The van der Waals surface area contributed by atoms with E-state index in [1.165, 1.54) is 6.07 Å². The second-order valence-corrected chi connectivity index (χ2v) is 7.11. The third-order valence-electron chi connectivity index (χ3n) is 4.71. The van der Waals surface area contributed by atoms with E-state index in [4.69, 9.17) is 21.1 Å². The molecule has 0 aliphatic rings. The van der Waals surface area contributed by atoms with E-state index in [0.29, 0.717) is 10.7 Å². The maximum Gasteiger partial charge on any atom is 0.362 e. The first-order chi connectivity index (χ1) is 15.1. The first kappa shape index (κ1) is 20.6. The number of carbonyl (C=O) groups is 1. The number of hydrogen-bond donors (Lipinski definition) is 0. The summed E-state index contributed by atoms with van der Waals surface area (Å²) >= 11 is 6.21. The van der Waals surface area contributed by atoms with E-state index in [1.54, 1.807) is 31.2 Å². The molecule has 31 heavy (non-hydrogen) atoms. The van der Waals surface area contributed by atoms with Gasteiger partial charge in [0, 0.05) is 0 Å². The molecule has 0 unspecified atom stereocenters. The lowest BCUT2D eigenvalue weighted by molar-refractivity contribution is 0.0511. The minimum absolute atomic E-state index is 0.0553. The lowest BCUT2D eigenvalue weighted by atomic mass is 10.1. The van der Waals surface area contributed by atoms with Crippen molar-refractivity contribution < 1.29 is 14.3 Å². The van der Waals surface area contributed by atoms with Crippen LogP contribution in [0.2, 0.25) is 5.02 Å². The Hall–Kier alpha value is -3.64. The van der Waals surface area contributed by atoms with Crippen LogP contribution in [-0.2, 0) is 11.3 Å². The lowest BCUT2D eigenvalue weighted by Crippen LogP contribution is -2.25. The highest BCUT2D eigenvalue weighted by molar-refractivity contribution is 6.32. The molecule has 0 saturated heterocycles. The molecule has 1 aromatic heterocycles. The van der Waals surface area contributed by atoms with Crippen LogP contribution in [0.5, 0.6) is 5.75 Å². The Morgan fingerprint density at radius 1 is 1.03 bits per heavy atom. The number of rotatable bonds is 6. The van der Waals surface area contributed by atoms with Crippen molar-refractivity contribution in [1.82, 2.24) is 9.78 Å². The number of aromatic nitrogens is 2. The van der Waals surface area contributed by atoms with Crippen LogP contribution in [0, 0.1) is 0 Å². The van der Waals surface area contributed by atoms with E-state index in [0.717, 1.165) is 21.0 Å². The number of halogens is 1. The van der Waals surface area contributed by atoms with Crippen molar-refractivity contribution in [3.63, 3.8) is 0 Å². The van der Waals surface area contributed by atoms with Gasteiger partial charge in [0.1, 0.15) is 6.61 Å². The Morgan fingerprint density at radius 3 is 2.58 bits per heavy atom. The molecular formula is C24H19ClN2O4. The fourth-order valence-corrected chi connectivity index (χ4v) is 3.48. The first-order valence-electron chi connectivity index (χ1n) is 9.74. The fraction of sp³-hybridized carbons (Fsp3) is 0.125. The molecule has 0 aliphatic carbocycles. The van der Waals surface area contributed by atoms with Crippen LogP contribution in [-0.4, -0.2) is 22.4 Å². The fourth-order valence-electron chi connectivity index (χ4n) is 3.26. The SMILES string of the molecule is CCOC(=O)c1nn(-c2ccccc2Cl)c(=O)cc1OCc1cccc2ccccc12. The maximum atomic E-state index is 12.8. The molecule has 3 aromatic carbocycles. The number of ether oxygens (including phenoxy) is 2. The molecule has 4 aromatic rings. The predicted molar refractivity (Wildman–Crippen MR) is 119 cm³/mol. The van der Waals surface area contributed by atoms with E-state index >= 15 is 0 Å². The Balaban J connectivity index is 1.74. The molecule has 0 atom stereocenters. The highest BCUT2D eigenvalue weighted by Crippen LogP contribution is 2.23. The zero-order valence-electron chi connectivity index (χ0n) is 16.7. The van der Waals surface area contributed by atoms with Gasteiger partial charge >= 0.3 is 5.97 Å². The summed E-state index contributed by atoms with van der Waals surface area (Å²) in [7, 11) is 0. The van der Waals surface area contributed by atoms with Crippen molar-refractivity contribution in [2.24, 2.45) is 0 Å². The van der Waals surface area contributed by atoms with Gasteiger partial charge in [-0.05, 0) is 35.4 Å². The highest BCUT2D eigenvalue weighted by Gasteiger charge is 2.21. The van der Waals surface area contributed by atoms with Gasteiger partial charge < -0.3 is 9.47 Å². The zero-order chi connectivity index (χ0) is 21.8. The average molecular weight is 435 g/mol. The molecule has 4 rings (SSSR count). The Kier molecular flexibility index (Phi) is 6.00. The summed E-state index contributed by atoms with van der Waals surface area (Å²) in [6.07, 6.45) is 0. The van der Waals surface area contributed by atoms with Gasteiger partial charge in [-0.2, -0.15) is 9.78 Å². The monoisotopic (exact) mass is 434 g/mol. The number of esters is 1. The van der Waals surface area contributed by atoms with Crippen LogP contribution in [0.15, 0.2) is 77.6 Å². The summed E-state index contributed by atoms with van der Waals surface area (Å²) in [6, 6.07) is 21.8. The van der Waals surface area contributed by atoms with Crippen molar-refractivity contribution in [1.29, 1.82) is 0 Å². The van der Waals surface area contributed by atoms with E-state index in [2.05, 4.69) is 5.10 Å². The number of nitrogens with zero attached hydrogens (tertiary/aromatic N) is 2. The molecule has 0 amide bonds. The normalized spacial score (nSPS) is 10.8. The van der Waals surface area contributed by atoms with Gasteiger partial charge in [-0.1, -0.05) is 66.2 Å². The second-order valence-electron chi connectivity index (χ2n) is 6.71. The predicted octanol–water partition coefficient (Wildman–Crippen LogP) is 4.79. The molecule has 0 fully saturated rings. The number of hydrogen-bond acceptors (Lipinski definition) is 5. The summed E-state index contributed by atoms with van der Waals surface area (Å²) in [6.45, 7) is 2.01. The number of para-hydroxylation sites is 1. The van der Waals surface area contributed by atoms with Crippen LogP contribution >= 0.6 is 11.6 Å². The number of carbonyl (C=O) groups excluding carboxylic acids is 1. The molecule has 0 spiro atoms. The van der Waals surface area contributed by atoms with Gasteiger partial charge in [0.2, 0.25) is 5.69 Å². The summed E-state index contributed by atoms with van der Waals surface area (Å²) in [5, 5.41) is 6.65. The quantitative estimate of drug-likeness (QED) is 0.408. The maximum absolute atomic E-state index is 12.8. The largest absolute Gasteiger partial charge is 0.486 e.